The second-order valence-electron chi connectivity index (χ2n) is 6.94. The molecule has 8 heteroatoms. The van der Waals surface area contributed by atoms with Crippen LogP contribution in [0.15, 0.2) is 23.1 Å². The van der Waals surface area contributed by atoms with Gasteiger partial charge in [0.25, 0.3) is 5.91 Å². The Hall–Kier alpha value is -1.93. The summed E-state index contributed by atoms with van der Waals surface area (Å²) >= 11 is 0. The number of nitrogens with zero attached hydrogens (tertiary/aromatic N) is 2. The van der Waals surface area contributed by atoms with Gasteiger partial charge in [-0.25, -0.2) is 13.2 Å². The number of hydrogen-bond acceptors (Lipinski definition) is 4. The van der Waals surface area contributed by atoms with Crippen LogP contribution in [-0.4, -0.2) is 60.3 Å². The van der Waals surface area contributed by atoms with E-state index >= 15 is 0 Å². The van der Waals surface area contributed by atoms with E-state index in [1.807, 2.05) is 0 Å². The van der Waals surface area contributed by atoms with E-state index in [4.69, 9.17) is 0 Å². The van der Waals surface area contributed by atoms with Crippen LogP contribution in [-0.2, 0) is 14.8 Å². The summed E-state index contributed by atoms with van der Waals surface area (Å²) in [5.41, 5.74) is 0.906. The van der Waals surface area contributed by atoms with Crippen molar-refractivity contribution in [2.45, 2.75) is 50.0 Å². The summed E-state index contributed by atoms with van der Waals surface area (Å²) in [6, 6.07) is 3.69. The van der Waals surface area contributed by atoms with Gasteiger partial charge in [0.15, 0.2) is 0 Å². The average molecular weight is 380 g/mol. The number of carbonyl (C=O) groups is 2. The zero-order valence-electron chi connectivity index (χ0n) is 14.8. The van der Waals surface area contributed by atoms with Gasteiger partial charge in [-0.05, 0) is 56.7 Å². The number of carboxylic acid groups (broad SMARTS) is 1. The second kappa shape index (κ2) is 7.36. The van der Waals surface area contributed by atoms with Crippen LogP contribution < -0.4 is 0 Å². The molecule has 2 fully saturated rings. The number of sulfonamides is 1. The van der Waals surface area contributed by atoms with Crippen LogP contribution in [0.4, 0.5) is 0 Å². The molecule has 0 spiro atoms. The van der Waals surface area contributed by atoms with Crippen LogP contribution in [0.5, 0.6) is 0 Å². The summed E-state index contributed by atoms with van der Waals surface area (Å²) in [6.07, 6.45) is 3.62. The van der Waals surface area contributed by atoms with Crippen LogP contribution >= 0.6 is 0 Å². The summed E-state index contributed by atoms with van der Waals surface area (Å²) in [6.45, 7) is 3.09. The molecule has 7 nitrogen and oxygen atoms in total. The number of amides is 1. The van der Waals surface area contributed by atoms with E-state index in [1.165, 1.54) is 21.3 Å². The second-order valence-corrected chi connectivity index (χ2v) is 8.87. The summed E-state index contributed by atoms with van der Waals surface area (Å²) < 4.78 is 27.0. The number of benzene rings is 1. The molecule has 1 amide bonds. The molecule has 0 aliphatic carbocycles. The number of piperidine rings is 1. The largest absolute Gasteiger partial charge is 0.480 e. The van der Waals surface area contributed by atoms with Crippen molar-refractivity contribution in [2.75, 3.05) is 19.6 Å². The predicted octanol–water partition coefficient (Wildman–Crippen LogP) is 1.86. The maximum atomic E-state index is 13.0. The standard InChI is InChI=1S/C18H24N2O5S/c1-13-7-8-14(26(24,25)19-9-4-5-10-19)12-15(13)17(21)20-11-3-2-6-16(20)18(22)23/h7-8,12,16H,2-6,9-11H2,1H3,(H,22,23). The fourth-order valence-corrected chi connectivity index (χ4v) is 5.20. The highest BCUT2D eigenvalue weighted by Gasteiger charge is 2.34. The molecule has 2 aliphatic rings. The molecule has 2 saturated heterocycles. The van der Waals surface area contributed by atoms with E-state index in [1.54, 1.807) is 13.0 Å². The lowest BCUT2D eigenvalue weighted by Gasteiger charge is -2.33. The van der Waals surface area contributed by atoms with Gasteiger partial charge in [-0.2, -0.15) is 4.31 Å². The SMILES string of the molecule is Cc1ccc(S(=O)(=O)N2CCCC2)cc1C(=O)N1CCCCC1C(=O)O. The van der Waals surface area contributed by atoms with Crippen molar-refractivity contribution in [3.63, 3.8) is 0 Å². The Morgan fingerprint density at radius 2 is 1.73 bits per heavy atom. The van der Waals surface area contributed by atoms with Crippen molar-refractivity contribution in [1.29, 1.82) is 0 Å². The molecule has 142 valence electrons. The molecular formula is C18H24N2O5S. The first-order valence-corrected chi connectivity index (χ1v) is 10.4. The molecule has 3 rings (SSSR count). The van der Waals surface area contributed by atoms with Gasteiger partial charge in [0.2, 0.25) is 10.0 Å². The zero-order valence-corrected chi connectivity index (χ0v) is 15.7. The van der Waals surface area contributed by atoms with E-state index in [2.05, 4.69) is 0 Å². The maximum Gasteiger partial charge on any atom is 0.326 e. The number of carboxylic acids is 1. The van der Waals surface area contributed by atoms with Gasteiger partial charge < -0.3 is 10.0 Å². The number of aryl methyl sites for hydroxylation is 1. The highest BCUT2D eigenvalue weighted by Crippen LogP contribution is 2.26. The highest BCUT2D eigenvalue weighted by molar-refractivity contribution is 7.89. The molecule has 0 bridgehead atoms. The Morgan fingerprint density at radius 1 is 1.08 bits per heavy atom. The van der Waals surface area contributed by atoms with Crippen LogP contribution in [0.1, 0.15) is 48.0 Å². The predicted molar refractivity (Wildman–Crippen MR) is 95.5 cm³/mol. The quantitative estimate of drug-likeness (QED) is 0.860. The van der Waals surface area contributed by atoms with E-state index in [-0.39, 0.29) is 10.5 Å². The molecule has 2 heterocycles. The van der Waals surface area contributed by atoms with Crippen LogP contribution in [0.2, 0.25) is 0 Å². The summed E-state index contributed by atoms with van der Waals surface area (Å²) in [7, 11) is -3.63. The van der Waals surface area contributed by atoms with E-state index in [0.717, 1.165) is 25.7 Å². The minimum atomic E-state index is -3.63. The molecule has 1 N–H and O–H groups in total. The molecule has 1 atom stereocenters. The van der Waals surface area contributed by atoms with E-state index in [0.29, 0.717) is 31.6 Å². The smallest absolute Gasteiger partial charge is 0.326 e. The first-order valence-electron chi connectivity index (χ1n) is 8.97. The van der Waals surface area contributed by atoms with Crippen molar-refractivity contribution in [3.8, 4) is 0 Å². The summed E-state index contributed by atoms with van der Waals surface area (Å²) in [5.74, 6) is -1.43. The van der Waals surface area contributed by atoms with Gasteiger partial charge in [0.05, 0.1) is 4.90 Å². The summed E-state index contributed by atoms with van der Waals surface area (Å²) in [5, 5.41) is 9.40. The van der Waals surface area contributed by atoms with Crippen molar-refractivity contribution < 1.29 is 23.1 Å². The molecule has 0 saturated carbocycles. The third-order valence-corrected chi connectivity index (χ3v) is 7.09. The molecule has 1 unspecified atom stereocenters. The van der Waals surface area contributed by atoms with Crippen LogP contribution in [0.25, 0.3) is 0 Å². The van der Waals surface area contributed by atoms with Gasteiger partial charge in [-0.15, -0.1) is 0 Å². The summed E-state index contributed by atoms with van der Waals surface area (Å²) in [4.78, 5) is 25.9. The van der Waals surface area contributed by atoms with Crippen molar-refractivity contribution in [3.05, 3.63) is 29.3 Å². The normalized spacial score (nSPS) is 21.7. The minimum absolute atomic E-state index is 0.0947. The van der Waals surface area contributed by atoms with Crippen molar-refractivity contribution in [1.82, 2.24) is 9.21 Å². The molecule has 1 aromatic rings. The van der Waals surface area contributed by atoms with E-state index < -0.39 is 27.9 Å². The van der Waals surface area contributed by atoms with Crippen molar-refractivity contribution in [2.24, 2.45) is 0 Å². The monoisotopic (exact) mass is 380 g/mol. The van der Waals surface area contributed by atoms with Crippen LogP contribution in [0, 0.1) is 6.92 Å². The van der Waals surface area contributed by atoms with Gasteiger partial charge in [-0.1, -0.05) is 6.07 Å². The molecule has 2 aliphatic heterocycles. The number of likely N-dealkylation sites (tertiary alicyclic amines) is 1. The van der Waals surface area contributed by atoms with Gasteiger partial charge in [0, 0.05) is 25.2 Å². The van der Waals surface area contributed by atoms with E-state index in [9.17, 15) is 23.1 Å². The number of rotatable bonds is 4. The van der Waals surface area contributed by atoms with Gasteiger partial charge >= 0.3 is 5.97 Å². The lowest BCUT2D eigenvalue weighted by atomic mass is 9.99. The topological polar surface area (TPSA) is 95.0 Å². The van der Waals surface area contributed by atoms with Crippen LogP contribution in [0.3, 0.4) is 0 Å². The first kappa shape index (κ1) is 18.8. The molecule has 0 radical (unpaired) electrons. The Balaban J connectivity index is 1.94. The Kier molecular flexibility index (Phi) is 5.34. The van der Waals surface area contributed by atoms with Gasteiger partial charge in [-0.3, -0.25) is 4.79 Å². The number of hydrogen-bond donors (Lipinski definition) is 1. The molecule has 0 aromatic heterocycles. The Labute approximate surface area is 153 Å². The van der Waals surface area contributed by atoms with Gasteiger partial charge in [0.1, 0.15) is 6.04 Å². The molecule has 1 aromatic carbocycles. The molecular weight excluding hydrogens is 356 g/mol. The highest BCUT2D eigenvalue weighted by atomic mass is 32.2. The number of aliphatic carboxylic acids is 1. The lowest BCUT2D eigenvalue weighted by molar-refractivity contribution is -0.143. The fourth-order valence-electron chi connectivity index (χ4n) is 3.66. The van der Waals surface area contributed by atoms with Crippen molar-refractivity contribution >= 4 is 21.9 Å². The zero-order chi connectivity index (χ0) is 18.9. The average Bonchev–Trinajstić information content (AvgIpc) is 3.17. The fraction of sp³-hybridized carbons (Fsp3) is 0.556. The minimum Gasteiger partial charge on any atom is -0.480 e. The molecule has 26 heavy (non-hydrogen) atoms. The number of carbonyl (C=O) groups excluding carboxylic acids is 1. The Bertz CT molecular complexity index is 815. The third-order valence-electron chi connectivity index (χ3n) is 5.19. The lowest BCUT2D eigenvalue weighted by Crippen LogP contribution is -2.48. The maximum absolute atomic E-state index is 13.0. The first-order chi connectivity index (χ1) is 12.3. The Morgan fingerprint density at radius 3 is 2.38 bits per heavy atom. The third kappa shape index (κ3) is 3.48.